The van der Waals surface area contributed by atoms with Gasteiger partial charge in [-0.15, -0.1) is 0 Å². The molecule has 1 unspecified atom stereocenters. The molecule has 3 N–H and O–H groups in total. The van der Waals surface area contributed by atoms with Crippen molar-refractivity contribution in [2.45, 2.75) is 38.6 Å². The molecule has 108 valence electrons. The summed E-state index contributed by atoms with van der Waals surface area (Å²) >= 11 is 0. The number of nitrogens with zero attached hydrogens (tertiary/aromatic N) is 1. The minimum absolute atomic E-state index is 0.0240. The van der Waals surface area contributed by atoms with Crippen molar-refractivity contribution in [1.82, 2.24) is 15.3 Å². The summed E-state index contributed by atoms with van der Waals surface area (Å²) in [5.41, 5.74) is 1.93. The molecule has 20 heavy (non-hydrogen) atoms. The minimum atomic E-state index is 0.0240. The van der Waals surface area contributed by atoms with E-state index in [9.17, 15) is 4.79 Å². The maximum absolute atomic E-state index is 11.8. The van der Waals surface area contributed by atoms with Gasteiger partial charge in [-0.1, -0.05) is 12.1 Å². The molecule has 1 heterocycles. The number of amides is 1. The first-order valence-electron chi connectivity index (χ1n) is 7.03. The molecule has 0 bridgehead atoms. The highest BCUT2D eigenvalue weighted by atomic mass is 16.3. The number of carbonyl (C=O) groups excluding carboxylic acids is 1. The molecular weight excluding hydrogens is 254 g/mol. The lowest BCUT2D eigenvalue weighted by Crippen LogP contribution is -2.32. The molecule has 0 aliphatic heterocycles. The van der Waals surface area contributed by atoms with E-state index in [4.69, 9.17) is 5.11 Å². The van der Waals surface area contributed by atoms with Crippen molar-refractivity contribution in [1.29, 1.82) is 0 Å². The SMILES string of the molecule is CC(CCCO)NC(=O)CCc1nc2ccccc2[nH]1. The summed E-state index contributed by atoms with van der Waals surface area (Å²) in [4.78, 5) is 19.4. The Morgan fingerprint density at radius 2 is 2.25 bits per heavy atom. The van der Waals surface area contributed by atoms with Crippen molar-refractivity contribution in [3.63, 3.8) is 0 Å². The Morgan fingerprint density at radius 3 is 3.00 bits per heavy atom. The van der Waals surface area contributed by atoms with E-state index in [0.717, 1.165) is 23.3 Å². The summed E-state index contributed by atoms with van der Waals surface area (Å²) < 4.78 is 0. The molecule has 0 spiro atoms. The van der Waals surface area contributed by atoms with E-state index in [-0.39, 0.29) is 18.6 Å². The van der Waals surface area contributed by atoms with E-state index in [0.29, 0.717) is 19.3 Å². The number of aliphatic hydroxyl groups is 1. The number of hydrogen-bond acceptors (Lipinski definition) is 3. The Morgan fingerprint density at radius 1 is 1.45 bits per heavy atom. The van der Waals surface area contributed by atoms with Gasteiger partial charge in [0, 0.05) is 25.5 Å². The normalized spacial score (nSPS) is 12.5. The van der Waals surface area contributed by atoms with Crippen molar-refractivity contribution in [2.24, 2.45) is 0 Å². The molecule has 1 aromatic carbocycles. The number of aromatic amines is 1. The zero-order valence-electron chi connectivity index (χ0n) is 11.7. The van der Waals surface area contributed by atoms with Gasteiger partial charge in [-0.3, -0.25) is 4.79 Å². The van der Waals surface area contributed by atoms with E-state index in [1.165, 1.54) is 0 Å². The molecule has 2 rings (SSSR count). The van der Waals surface area contributed by atoms with Crippen LogP contribution >= 0.6 is 0 Å². The summed E-state index contributed by atoms with van der Waals surface area (Å²) in [5, 5.41) is 11.7. The van der Waals surface area contributed by atoms with Crippen molar-refractivity contribution < 1.29 is 9.90 Å². The Bertz CT molecular complexity index is 532. The highest BCUT2D eigenvalue weighted by Crippen LogP contribution is 2.11. The number of aryl methyl sites for hydroxylation is 1. The van der Waals surface area contributed by atoms with Gasteiger partial charge in [-0.05, 0) is 31.9 Å². The average molecular weight is 275 g/mol. The summed E-state index contributed by atoms with van der Waals surface area (Å²) in [6.07, 6.45) is 2.54. The first-order chi connectivity index (χ1) is 9.69. The molecule has 0 saturated carbocycles. The lowest BCUT2D eigenvalue weighted by atomic mass is 10.2. The number of imidazole rings is 1. The first kappa shape index (κ1) is 14.5. The predicted octanol–water partition coefficient (Wildman–Crippen LogP) is 1.77. The van der Waals surface area contributed by atoms with Gasteiger partial charge in [-0.25, -0.2) is 4.98 Å². The Labute approximate surface area is 118 Å². The molecule has 0 fully saturated rings. The van der Waals surface area contributed by atoms with Crippen LogP contribution in [0.5, 0.6) is 0 Å². The fourth-order valence-electron chi connectivity index (χ4n) is 2.17. The largest absolute Gasteiger partial charge is 0.396 e. The van der Waals surface area contributed by atoms with E-state index in [1.807, 2.05) is 31.2 Å². The van der Waals surface area contributed by atoms with E-state index in [2.05, 4.69) is 15.3 Å². The van der Waals surface area contributed by atoms with Crippen LogP contribution in [0.3, 0.4) is 0 Å². The second kappa shape index (κ2) is 7.05. The van der Waals surface area contributed by atoms with Crippen molar-refractivity contribution in [3.8, 4) is 0 Å². The zero-order valence-corrected chi connectivity index (χ0v) is 11.7. The number of aliphatic hydroxyl groups excluding tert-OH is 1. The summed E-state index contributed by atoms with van der Waals surface area (Å²) in [6, 6.07) is 7.93. The standard InChI is InChI=1S/C15H21N3O2/c1-11(5-4-10-19)16-15(20)9-8-14-17-12-6-2-3-7-13(12)18-14/h2-3,6-7,11,19H,4-5,8-10H2,1H3,(H,16,20)(H,17,18). The molecule has 0 radical (unpaired) electrons. The fraction of sp³-hybridized carbons (Fsp3) is 0.467. The Balaban J connectivity index is 1.81. The van der Waals surface area contributed by atoms with Crippen molar-refractivity contribution in [2.75, 3.05) is 6.61 Å². The zero-order chi connectivity index (χ0) is 14.4. The van der Waals surface area contributed by atoms with Crippen molar-refractivity contribution >= 4 is 16.9 Å². The highest BCUT2D eigenvalue weighted by molar-refractivity contribution is 5.77. The molecule has 5 heteroatoms. The van der Waals surface area contributed by atoms with Crippen LogP contribution < -0.4 is 5.32 Å². The van der Waals surface area contributed by atoms with Gasteiger partial charge in [0.2, 0.25) is 5.91 Å². The quantitative estimate of drug-likeness (QED) is 0.720. The van der Waals surface area contributed by atoms with Gasteiger partial charge < -0.3 is 15.4 Å². The van der Waals surface area contributed by atoms with Crippen LogP contribution in [0.15, 0.2) is 24.3 Å². The molecule has 0 aliphatic rings. The number of nitrogens with one attached hydrogen (secondary N) is 2. The molecule has 1 amide bonds. The van der Waals surface area contributed by atoms with Crippen molar-refractivity contribution in [3.05, 3.63) is 30.1 Å². The number of aromatic nitrogens is 2. The Hall–Kier alpha value is -1.88. The van der Waals surface area contributed by atoms with Gasteiger partial charge in [0.15, 0.2) is 0 Å². The molecule has 1 aromatic heterocycles. The van der Waals surface area contributed by atoms with Gasteiger partial charge in [-0.2, -0.15) is 0 Å². The summed E-state index contributed by atoms with van der Waals surface area (Å²) in [5.74, 6) is 0.861. The number of benzene rings is 1. The first-order valence-corrected chi connectivity index (χ1v) is 7.03. The number of para-hydroxylation sites is 2. The van der Waals surface area contributed by atoms with Gasteiger partial charge in [0.05, 0.1) is 11.0 Å². The minimum Gasteiger partial charge on any atom is -0.396 e. The third-order valence-corrected chi connectivity index (χ3v) is 3.23. The molecule has 5 nitrogen and oxygen atoms in total. The molecule has 1 atom stereocenters. The van der Waals surface area contributed by atoms with Crippen LogP contribution in [0, 0.1) is 0 Å². The molecular formula is C15H21N3O2. The average Bonchev–Trinajstić information content (AvgIpc) is 2.85. The van der Waals surface area contributed by atoms with Crippen LogP contribution in [0.25, 0.3) is 11.0 Å². The predicted molar refractivity (Wildman–Crippen MR) is 78.3 cm³/mol. The molecule has 0 saturated heterocycles. The number of carbonyl (C=O) groups is 1. The Kier molecular flexibility index (Phi) is 5.12. The maximum atomic E-state index is 11.8. The third-order valence-electron chi connectivity index (χ3n) is 3.23. The lowest BCUT2D eigenvalue weighted by molar-refractivity contribution is -0.121. The van der Waals surface area contributed by atoms with Gasteiger partial charge >= 0.3 is 0 Å². The second-order valence-corrected chi connectivity index (χ2v) is 5.04. The monoisotopic (exact) mass is 275 g/mol. The van der Waals surface area contributed by atoms with Crippen LogP contribution in [0.4, 0.5) is 0 Å². The molecule has 0 aliphatic carbocycles. The van der Waals surface area contributed by atoms with Crippen LogP contribution in [0.2, 0.25) is 0 Å². The van der Waals surface area contributed by atoms with E-state index < -0.39 is 0 Å². The van der Waals surface area contributed by atoms with Crippen LogP contribution in [-0.2, 0) is 11.2 Å². The number of fused-ring (bicyclic) bond motifs is 1. The second-order valence-electron chi connectivity index (χ2n) is 5.04. The van der Waals surface area contributed by atoms with Crippen LogP contribution in [-0.4, -0.2) is 33.6 Å². The third kappa shape index (κ3) is 4.06. The van der Waals surface area contributed by atoms with Crippen LogP contribution in [0.1, 0.15) is 32.0 Å². The lowest BCUT2D eigenvalue weighted by Gasteiger charge is -2.12. The number of hydrogen-bond donors (Lipinski definition) is 3. The molecule has 2 aromatic rings. The van der Waals surface area contributed by atoms with Gasteiger partial charge in [0.1, 0.15) is 5.82 Å². The smallest absolute Gasteiger partial charge is 0.220 e. The van der Waals surface area contributed by atoms with E-state index in [1.54, 1.807) is 0 Å². The number of H-pyrrole nitrogens is 1. The maximum Gasteiger partial charge on any atom is 0.220 e. The topological polar surface area (TPSA) is 78.0 Å². The summed E-state index contributed by atoms with van der Waals surface area (Å²) in [7, 11) is 0. The van der Waals surface area contributed by atoms with Gasteiger partial charge in [0.25, 0.3) is 0 Å². The highest BCUT2D eigenvalue weighted by Gasteiger charge is 2.09. The number of rotatable bonds is 7. The van der Waals surface area contributed by atoms with E-state index >= 15 is 0 Å². The fourth-order valence-corrected chi connectivity index (χ4v) is 2.17. The summed E-state index contributed by atoms with van der Waals surface area (Å²) in [6.45, 7) is 2.12.